The van der Waals surface area contributed by atoms with Crippen LogP contribution in [0.1, 0.15) is 13.8 Å². The molecule has 2 aromatic heterocycles. The number of fused-ring (bicyclic) bond motifs is 1. The van der Waals surface area contributed by atoms with Gasteiger partial charge in [-0.1, -0.05) is 12.1 Å². The summed E-state index contributed by atoms with van der Waals surface area (Å²) in [7, 11) is 1.68. The fourth-order valence-electron chi connectivity index (χ4n) is 4.62. The van der Waals surface area contributed by atoms with Crippen LogP contribution in [0.5, 0.6) is 5.75 Å². The molecule has 8 heteroatoms. The van der Waals surface area contributed by atoms with Crippen molar-refractivity contribution in [2.45, 2.75) is 19.4 Å². The maximum absolute atomic E-state index is 10.1. The Kier molecular flexibility index (Phi) is 6.32. The maximum Gasteiger partial charge on any atom is 0.245 e. The van der Waals surface area contributed by atoms with Crippen LogP contribution >= 0.6 is 0 Å². The summed E-state index contributed by atoms with van der Waals surface area (Å²) in [6.45, 7) is 8.22. The number of nitrogens with zero attached hydrogens (tertiary/aromatic N) is 5. The summed E-state index contributed by atoms with van der Waals surface area (Å²) in [6, 6.07) is 20.3. The van der Waals surface area contributed by atoms with E-state index in [2.05, 4.69) is 44.4 Å². The van der Waals surface area contributed by atoms with Crippen molar-refractivity contribution in [1.29, 1.82) is 0 Å². The fourth-order valence-corrected chi connectivity index (χ4v) is 4.62. The first-order valence-electron chi connectivity index (χ1n) is 11.9. The summed E-state index contributed by atoms with van der Waals surface area (Å²) in [5.41, 5.74) is 4.30. The highest BCUT2D eigenvalue weighted by Gasteiger charge is 2.22. The predicted molar refractivity (Wildman–Crippen MR) is 140 cm³/mol. The van der Waals surface area contributed by atoms with E-state index in [1.165, 1.54) is 5.69 Å². The van der Waals surface area contributed by atoms with Crippen molar-refractivity contribution < 1.29 is 9.84 Å². The van der Waals surface area contributed by atoms with E-state index in [1.54, 1.807) is 7.11 Å². The molecule has 35 heavy (non-hydrogen) atoms. The number of piperazine rings is 1. The number of benzene rings is 2. The highest BCUT2D eigenvalue weighted by atomic mass is 16.5. The molecule has 2 N–H and O–H groups in total. The third-order valence-electron chi connectivity index (χ3n) is 6.25. The normalized spacial score (nSPS) is 14.9. The summed E-state index contributed by atoms with van der Waals surface area (Å²) in [5, 5.41) is 18.1. The topological polar surface area (TPSA) is 78.2 Å². The minimum atomic E-state index is -0.658. The Morgan fingerprint density at radius 1 is 0.971 bits per heavy atom. The SMILES string of the molecule is COc1ccccc1-c1ccc2cnc(Nc3ccc(N4CCN(CC(C)(C)O)CC4)cc3)nn12. The Morgan fingerprint density at radius 3 is 2.43 bits per heavy atom. The van der Waals surface area contributed by atoms with Crippen LogP contribution in [0.25, 0.3) is 16.8 Å². The van der Waals surface area contributed by atoms with Gasteiger partial charge in [0.05, 0.1) is 30.1 Å². The quantitative estimate of drug-likeness (QED) is 0.420. The van der Waals surface area contributed by atoms with Crippen molar-refractivity contribution in [2.24, 2.45) is 0 Å². The van der Waals surface area contributed by atoms with Crippen molar-refractivity contribution in [2.75, 3.05) is 50.1 Å². The molecule has 0 atom stereocenters. The average molecular weight is 473 g/mol. The molecule has 1 aliphatic rings. The number of methoxy groups -OCH3 is 1. The zero-order valence-electron chi connectivity index (χ0n) is 20.5. The summed E-state index contributed by atoms with van der Waals surface area (Å²) in [4.78, 5) is 9.19. The number of ether oxygens (including phenoxy) is 1. The lowest BCUT2D eigenvalue weighted by molar-refractivity contribution is 0.0345. The summed E-state index contributed by atoms with van der Waals surface area (Å²) >= 11 is 0. The van der Waals surface area contributed by atoms with Crippen LogP contribution in [0.2, 0.25) is 0 Å². The van der Waals surface area contributed by atoms with Crippen molar-refractivity contribution in [3.05, 3.63) is 66.9 Å². The lowest BCUT2D eigenvalue weighted by Gasteiger charge is -2.38. The number of nitrogens with one attached hydrogen (secondary N) is 1. The first-order chi connectivity index (χ1) is 16.9. The second kappa shape index (κ2) is 9.56. The number of para-hydroxylation sites is 1. The van der Waals surface area contributed by atoms with E-state index >= 15 is 0 Å². The molecule has 1 aliphatic heterocycles. The molecule has 1 saturated heterocycles. The van der Waals surface area contributed by atoms with E-state index in [0.29, 0.717) is 12.5 Å². The van der Waals surface area contributed by atoms with Gasteiger partial charge in [-0.05, 0) is 62.4 Å². The molecule has 3 heterocycles. The molecule has 2 aromatic carbocycles. The molecular formula is C27H32N6O2. The highest BCUT2D eigenvalue weighted by Crippen LogP contribution is 2.31. The molecule has 0 radical (unpaired) electrons. The Morgan fingerprint density at radius 2 is 1.71 bits per heavy atom. The van der Waals surface area contributed by atoms with Crippen LogP contribution in [-0.2, 0) is 0 Å². The van der Waals surface area contributed by atoms with E-state index in [0.717, 1.165) is 54.4 Å². The number of anilines is 3. The van der Waals surface area contributed by atoms with Gasteiger partial charge in [0.15, 0.2) is 0 Å². The molecule has 5 rings (SSSR count). The van der Waals surface area contributed by atoms with Crippen LogP contribution in [0, 0.1) is 0 Å². The molecule has 0 spiro atoms. The Hall–Kier alpha value is -3.62. The minimum Gasteiger partial charge on any atom is -0.496 e. The molecule has 0 unspecified atom stereocenters. The molecule has 8 nitrogen and oxygen atoms in total. The van der Waals surface area contributed by atoms with Crippen LogP contribution in [-0.4, -0.2) is 70.0 Å². The van der Waals surface area contributed by atoms with Crippen LogP contribution in [0.15, 0.2) is 66.9 Å². The number of β-amino-alcohol motifs (C(OH)–C–C–N with tert-alkyl or cyclic N) is 1. The lowest BCUT2D eigenvalue weighted by atomic mass is 10.1. The molecule has 1 fully saturated rings. The van der Waals surface area contributed by atoms with Crippen LogP contribution < -0.4 is 15.0 Å². The van der Waals surface area contributed by atoms with Gasteiger partial charge in [-0.25, -0.2) is 9.50 Å². The number of rotatable bonds is 7. The summed E-state index contributed by atoms with van der Waals surface area (Å²) in [5.74, 6) is 1.33. The van der Waals surface area contributed by atoms with Gasteiger partial charge < -0.3 is 20.1 Å². The Labute approximate surface area is 205 Å². The number of hydrogen-bond donors (Lipinski definition) is 2. The van der Waals surface area contributed by atoms with Gasteiger partial charge in [-0.15, -0.1) is 5.10 Å². The van der Waals surface area contributed by atoms with Gasteiger partial charge in [-0.3, -0.25) is 4.90 Å². The minimum absolute atomic E-state index is 0.526. The number of aliphatic hydroxyl groups is 1. The highest BCUT2D eigenvalue weighted by molar-refractivity contribution is 5.72. The third kappa shape index (κ3) is 5.23. The van der Waals surface area contributed by atoms with E-state index in [1.807, 2.05) is 61.0 Å². The van der Waals surface area contributed by atoms with E-state index < -0.39 is 5.60 Å². The monoisotopic (exact) mass is 472 g/mol. The molecule has 182 valence electrons. The zero-order chi connectivity index (χ0) is 24.4. The summed E-state index contributed by atoms with van der Waals surface area (Å²) in [6.07, 6.45) is 1.82. The van der Waals surface area contributed by atoms with Gasteiger partial charge in [0.2, 0.25) is 5.95 Å². The summed E-state index contributed by atoms with van der Waals surface area (Å²) < 4.78 is 7.43. The van der Waals surface area contributed by atoms with Crippen LogP contribution in [0.3, 0.4) is 0 Å². The standard InChI is InChI=1S/C27H32N6O2/c1-27(2,34)19-31-14-16-32(17-15-31)21-10-8-20(9-11-21)29-26-28-18-22-12-13-24(33(22)30-26)23-6-4-5-7-25(23)35-3/h4-13,18,34H,14-17,19H2,1-3H3,(H,29,30). The van der Waals surface area contributed by atoms with Gasteiger partial charge in [0, 0.05) is 49.7 Å². The van der Waals surface area contributed by atoms with Crippen molar-refractivity contribution in [3.8, 4) is 17.0 Å². The van der Waals surface area contributed by atoms with E-state index in [-0.39, 0.29) is 0 Å². The Bertz CT molecular complexity index is 1290. The number of hydrogen-bond acceptors (Lipinski definition) is 7. The molecular weight excluding hydrogens is 440 g/mol. The molecule has 0 amide bonds. The first kappa shape index (κ1) is 23.1. The lowest BCUT2D eigenvalue weighted by Crippen LogP contribution is -2.50. The third-order valence-corrected chi connectivity index (χ3v) is 6.25. The van der Waals surface area contributed by atoms with Gasteiger partial charge >= 0.3 is 0 Å². The fraction of sp³-hybridized carbons (Fsp3) is 0.333. The predicted octanol–water partition coefficient (Wildman–Crippen LogP) is 4.04. The Balaban J connectivity index is 1.29. The van der Waals surface area contributed by atoms with Gasteiger partial charge in [0.1, 0.15) is 5.75 Å². The molecule has 0 bridgehead atoms. The smallest absolute Gasteiger partial charge is 0.245 e. The largest absolute Gasteiger partial charge is 0.496 e. The van der Waals surface area contributed by atoms with Gasteiger partial charge in [-0.2, -0.15) is 0 Å². The second-order valence-corrected chi connectivity index (χ2v) is 9.58. The van der Waals surface area contributed by atoms with E-state index in [9.17, 15) is 5.11 Å². The van der Waals surface area contributed by atoms with Crippen LogP contribution in [0.4, 0.5) is 17.3 Å². The van der Waals surface area contributed by atoms with Crippen molar-refractivity contribution in [3.63, 3.8) is 0 Å². The molecule has 0 aliphatic carbocycles. The van der Waals surface area contributed by atoms with Gasteiger partial charge in [0.25, 0.3) is 0 Å². The maximum atomic E-state index is 10.1. The van der Waals surface area contributed by atoms with Crippen molar-refractivity contribution >= 4 is 22.8 Å². The first-order valence-corrected chi connectivity index (χ1v) is 11.9. The molecule has 4 aromatic rings. The second-order valence-electron chi connectivity index (χ2n) is 9.58. The van der Waals surface area contributed by atoms with Crippen molar-refractivity contribution in [1.82, 2.24) is 19.5 Å². The molecule has 0 saturated carbocycles. The number of aromatic nitrogens is 3. The van der Waals surface area contributed by atoms with E-state index in [4.69, 9.17) is 9.84 Å². The average Bonchev–Trinajstić information content (AvgIpc) is 3.27. The zero-order valence-corrected chi connectivity index (χ0v) is 20.5.